The maximum Gasteiger partial charge on any atom is 0.471 e. The summed E-state index contributed by atoms with van der Waals surface area (Å²) in [5.74, 6) is -3.32. The number of halogens is 3. The molecule has 5 nitrogen and oxygen atoms in total. The van der Waals surface area contributed by atoms with Gasteiger partial charge in [0.05, 0.1) is 12.5 Å². The molecule has 0 aliphatic heterocycles. The third-order valence-electron chi connectivity index (χ3n) is 1.55. The van der Waals surface area contributed by atoms with Crippen molar-refractivity contribution < 1.29 is 32.6 Å². The molecule has 0 saturated carbocycles. The summed E-state index contributed by atoms with van der Waals surface area (Å²) in [6, 6.07) is 0. The lowest BCUT2D eigenvalue weighted by Crippen LogP contribution is -2.42. The summed E-state index contributed by atoms with van der Waals surface area (Å²) in [6.07, 6.45) is -6.40. The van der Waals surface area contributed by atoms with Gasteiger partial charge < -0.3 is 15.2 Å². The van der Waals surface area contributed by atoms with Crippen molar-refractivity contribution in [1.29, 1.82) is 0 Å². The van der Waals surface area contributed by atoms with E-state index < -0.39 is 37.1 Å². The highest BCUT2D eigenvalue weighted by Gasteiger charge is 2.38. The molecule has 0 heterocycles. The van der Waals surface area contributed by atoms with Crippen molar-refractivity contribution >= 4 is 11.9 Å². The third kappa shape index (κ3) is 6.23. The van der Waals surface area contributed by atoms with Gasteiger partial charge in [-0.1, -0.05) is 0 Å². The van der Waals surface area contributed by atoms with Crippen LogP contribution in [0.25, 0.3) is 0 Å². The van der Waals surface area contributed by atoms with Gasteiger partial charge in [0.15, 0.2) is 0 Å². The minimum Gasteiger partial charge on any atom is -0.481 e. The third-order valence-corrected chi connectivity index (χ3v) is 1.55. The first-order chi connectivity index (χ1) is 7.27. The molecule has 1 unspecified atom stereocenters. The van der Waals surface area contributed by atoms with E-state index in [1.54, 1.807) is 12.2 Å². The number of rotatable bonds is 6. The van der Waals surface area contributed by atoms with Crippen molar-refractivity contribution in [2.75, 3.05) is 13.2 Å². The Labute approximate surface area is 89.6 Å². The van der Waals surface area contributed by atoms with Gasteiger partial charge in [-0.05, 0) is 6.92 Å². The lowest BCUT2D eigenvalue weighted by atomic mass is 10.2. The number of aliphatic carboxylic acids is 1. The molecule has 94 valence electrons. The number of hydrogen-bond donors (Lipinski definition) is 2. The van der Waals surface area contributed by atoms with Crippen LogP contribution >= 0.6 is 0 Å². The molecular formula is C8H12F3NO4. The first kappa shape index (κ1) is 14.7. The largest absolute Gasteiger partial charge is 0.481 e. The minimum atomic E-state index is -4.97. The molecule has 8 heteroatoms. The normalized spacial score (nSPS) is 13.2. The van der Waals surface area contributed by atoms with Crippen LogP contribution in [-0.4, -0.2) is 42.4 Å². The molecule has 1 amide bonds. The van der Waals surface area contributed by atoms with Crippen molar-refractivity contribution in [2.45, 2.75) is 25.6 Å². The fourth-order valence-electron chi connectivity index (χ4n) is 0.927. The van der Waals surface area contributed by atoms with Crippen LogP contribution in [0.1, 0.15) is 13.3 Å². The summed E-state index contributed by atoms with van der Waals surface area (Å²) in [5.41, 5.74) is 0. The standard InChI is InChI=1S/C8H12F3NO4/c1-2-16-5(3-6(13)14)4-12-7(15)8(9,10)11/h5H,2-4H2,1H3,(H,12,15)(H,13,14). The highest BCUT2D eigenvalue weighted by atomic mass is 19.4. The maximum atomic E-state index is 11.8. The summed E-state index contributed by atoms with van der Waals surface area (Å²) in [4.78, 5) is 20.7. The Hall–Kier alpha value is -1.31. The Morgan fingerprint density at radius 3 is 2.38 bits per heavy atom. The van der Waals surface area contributed by atoms with Gasteiger partial charge in [-0.25, -0.2) is 0 Å². The van der Waals surface area contributed by atoms with E-state index in [1.807, 2.05) is 0 Å². The van der Waals surface area contributed by atoms with Gasteiger partial charge in [0.25, 0.3) is 0 Å². The van der Waals surface area contributed by atoms with Crippen LogP contribution in [-0.2, 0) is 14.3 Å². The van der Waals surface area contributed by atoms with E-state index in [1.165, 1.54) is 0 Å². The van der Waals surface area contributed by atoms with E-state index in [4.69, 9.17) is 9.84 Å². The molecule has 16 heavy (non-hydrogen) atoms. The molecule has 0 fully saturated rings. The summed E-state index contributed by atoms with van der Waals surface area (Å²) >= 11 is 0. The second kappa shape index (κ2) is 6.31. The molecule has 0 rings (SSSR count). The predicted molar refractivity (Wildman–Crippen MR) is 46.7 cm³/mol. The Balaban J connectivity index is 4.11. The molecule has 0 aliphatic carbocycles. The molecule has 2 N–H and O–H groups in total. The molecule has 0 aliphatic rings. The maximum absolute atomic E-state index is 11.8. The summed E-state index contributed by atoms with van der Waals surface area (Å²) < 4.78 is 40.2. The van der Waals surface area contributed by atoms with E-state index in [0.717, 1.165) is 0 Å². The van der Waals surface area contributed by atoms with Crippen LogP contribution in [0.4, 0.5) is 13.2 Å². The number of amides is 1. The van der Waals surface area contributed by atoms with E-state index in [9.17, 15) is 22.8 Å². The molecule has 0 saturated heterocycles. The number of alkyl halides is 3. The number of carboxylic acids is 1. The average molecular weight is 243 g/mol. The Bertz CT molecular complexity index is 254. The van der Waals surface area contributed by atoms with E-state index in [0.29, 0.717) is 0 Å². The van der Waals surface area contributed by atoms with Crippen LogP contribution in [0.2, 0.25) is 0 Å². The van der Waals surface area contributed by atoms with Crippen LogP contribution in [0.3, 0.4) is 0 Å². The fourth-order valence-corrected chi connectivity index (χ4v) is 0.927. The fraction of sp³-hybridized carbons (Fsp3) is 0.750. The summed E-state index contributed by atoms with van der Waals surface area (Å²) in [7, 11) is 0. The smallest absolute Gasteiger partial charge is 0.471 e. The van der Waals surface area contributed by atoms with Gasteiger partial charge in [-0.15, -0.1) is 0 Å². The van der Waals surface area contributed by atoms with E-state index in [-0.39, 0.29) is 6.61 Å². The SMILES string of the molecule is CCOC(CNC(=O)C(F)(F)F)CC(=O)O. The second-order valence-corrected chi connectivity index (χ2v) is 2.88. The number of ether oxygens (including phenoxy) is 1. The van der Waals surface area contributed by atoms with E-state index in [2.05, 4.69) is 0 Å². The zero-order chi connectivity index (χ0) is 12.8. The van der Waals surface area contributed by atoms with Crippen molar-refractivity contribution in [2.24, 2.45) is 0 Å². The summed E-state index contributed by atoms with van der Waals surface area (Å²) in [6.45, 7) is 1.23. The van der Waals surface area contributed by atoms with Crippen LogP contribution in [0.15, 0.2) is 0 Å². The number of carboxylic acid groups (broad SMARTS) is 1. The van der Waals surface area contributed by atoms with Crippen molar-refractivity contribution in [1.82, 2.24) is 5.32 Å². The molecule has 0 spiro atoms. The minimum absolute atomic E-state index is 0.153. The van der Waals surface area contributed by atoms with Crippen LogP contribution in [0, 0.1) is 0 Å². The lowest BCUT2D eigenvalue weighted by Gasteiger charge is -2.16. The van der Waals surface area contributed by atoms with Crippen molar-refractivity contribution in [3.05, 3.63) is 0 Å². The zero-order valence-corrected chi connectivity index (χ0v) is 8.50. The Morgan fingerprint density at radius 1 is 1.44 bits per heavy atom. The molecule has 0 bridgehead atoms. The summed E-state index contributed by atoms with van der Waals surface area (Å²) in [5, 5.41) is 9.98. The Kier molecular flexibility index (Phi) is 5.79. The van der Waals surface area contributed by atoms with Crippen LogP contribution in [0.5, 0.6) is 0 Å². The van der Waals surface area contributed by atoms with Crippen molar-refractivity contribution in [3.63, 3.8) is 0 Å². The molecule has 0 aromatic carbocycles. The number of carbonyl (C=O) groups is 2. The molecule has 1 atom stereocenters. The first-order valence-corrected chi connectivity index (χ1v) is 4.45. The van der Waals surface area contributed by atoms with E-state index >= 15 is 0 Å². The average Bonchev–Trinajstić information content (AvgIpc) is 2.11. The van der Waals surface area contributed by atoms with Gasteiger partial charge in [0.2, 0.25) is 0 Å². The predicted octanol–water partition coefficient (Wildman–Crippen LogP) is 0.545. The first-order valence-electron chi connectivity index (χ1n) is 4.45. The lowest BCUT2D eigenvalue weighted by molar-refractivity contribution is -0.174. The quantitative estimate of drug-likeness (QED) is 0.714. The zero-order valence-electron chi connectivity index (χ0n) is 8.50. The van der Waals surface area contributed by atoms with Gasteiger partial charge in [-0.3, -0.25) is 9.59 Å². The number of nitrogens with one attached hydrogen (secondary N) is 1. The number of hydrogen-bond acceptors (Lipinski definition) is 3. The Morgan fingerprint density at radius 2 is 2.00 bits per heavy atom. The highest BCUT2D eigenvalue weighted by molar-refractivity contribution is 5.81. The van der Waals surface area contributed by atoms with Gasteiger partial charge >= 0.3 is 18.1 Å². The van der Waals surface area contributed by atoms with Gasteiger partial charge in [0.1, 0.15) is 0 Å². The monoisotopic (exact) mass is 243 g/mol. The molecule has 0 aromatic rings. The molecule has 0 radical (unpaired) electrons. The molecule has 0 aromatic heterocycles. The van der Waals surface area contributed by atoms with Crippen molar-refractivity contribution in [3.8, 4) is 0 Å². The topological polar surface area (TPSA) is 75.6 Å². The van der Waals surface area contributed by atoms with Crippen LogP contribution < -0.4 is 5.32 Å². The highest BCUT2D eigenvalue weighted by Crippen LogP contribution is 2.14. The molecular weight excluding hydrogens is 231 g/mol. The van der Waals surface area contributed by atoms with Gasteiger partial charge in [-0.2, -0.15) is 13.2 Å². The number of carbonyl (C=O) groups excluding carboxylic acids is 1. The second-order valence-electron chi connectivity index (χ2n) is 2.88. The van der Waals surface area contributed by atoms with Gasteiger partial charge in [0, 0.05) is 13.2 Å².